The van der Waals surface area contributed by atoms with E-state index < -0.39 is 0 Å². The molecule has 0 spiro atoms. The Morgan fingerprint density at radius 3 is 1.49 bits per heavy atom. The Morgan fingerprint density at radius 2 is 1.11 bits per heavy atom. The van der Waals surface area contributed by atoms with Gasteiger partial charge in [-0.1, -0.05) is 48.5 Å². The van der Waals surface area contributed by atoms with Gasteiger partial charge in [-0.15, -0.1) is 12.4 Å². The fourth-order valence-corrected chi connectivity index (χ4v) is 3.99. The fraction of sp³-hybridized carbons (Fsp3) is 0.286. The number of hydrogen-bond acceptors (Lipinski definition) is 6. The van der Waals surface area contributed by atoms with Gasteiger partial charge in [-0.05, 0) is 49.2 Å². The van der Waals surface area contributed by atoms with Crippen molar-refractivity contribution >= 4 is 24.1 Å². The number of aliphatic imine (C=N–C) groups is 2. The first-order valence-electron chi connectivity index (χ1n) is 11.8. The number of amidine groups is 2. The Bertz CT molecular complexity index is 1120. The molecule has 0 saturated heterocycles. The van der Waals surface area contributed by atoms with Crippen LogP contribution >= 0.6 is 12.4 Å². The lowest BCUT2D eigenvalue weighted by molar-refractivity contribution is 0.302. The lowest BCUT2D eigenvalue weighted by Gasteiger charge is -2.11. The zero-order valence-corrected chi connectivity index (χ0v) is 20.8. The van der Waals surface area contributed by atoms with Crippen molar-refractivity contribution in [3.63, 3.8) is 0 Å². The second-order valence-electron chi connectivity index (χ2n) is 8.92. The molecule has 6 nitrogen and oxygen atoms in total. The van der Waals surface area contributed by atoms with Crippen molar-refractivity contribution in [3.05, 3.63) is 95.1 Å². The van der Waals surface area contributed by atoms with Crippen molar-refractivity contribution in [2.24, 2.45) is 9.98 Å². The Labute approximate surface area is 212 Å². The van der Waals surface area contributed by atoms with Crippen LogP contribution in [0.4, 0.5) is 0 Å². The second kappa shape index (κ2) is 11.3. The molecule has 0 radical (unpaired) electrons. The molecule has 0 aromatic heterocycles. The number of halogens is 1. The molecule has 2 atom stereocenters. The number of hydrogen-bond donors (Lipinski definition) is 2. The van der Waals surface area contributed by atoms with E-state index in [0.717, 1.165) is 58.5 Å². The van der Waals surface area contributed by atoms with Crippen molar-refractivity contribution in [3.8, 4) is 11.5 Å². The molecule has 3 aromatic carbocycles. The van der Waals surface area contributed by atoms with Crippen LogP contribution in [-0.2, 0) is 13.2 Å². The lowest BCUT2D eigenvalue weighted by atomic mass is 10.1. The summed E-state index contributed by atoms with van der Waals surface area (Å²) in [6.07, 6.45) is 0. The SMILES string of the molecule is CC1CN=C(c2cccc(OCc3ccc(COc4cccc(C5=NCC(C)N5)c4)cc3)c2)N1.Cl. The molecule has 2 aliphatic rings. The minimum Gasteiger partial charge on any atom is -0.489 e. The predicted octanol–water partition coefficient (Wildman–Crippen LogP) is 4.74. The summed E-state index contributed by atoms with van der Waals surface area (Å²) in [7, 11) is 0. The highest BCUT2D eigenvalue weighted by Crippen LogP contribution is 2.19. The Morgan fingerprint density at radius 1 is 0.686 bits per heavy atom. The number of benzene rings is 3. The first kappa shape index (κ1) is 24.6. The standard InChI is InChI=1S/C28H30N4O2.ClH/c1-19-15-29-27(31-19)23-5-3-7-25(13-23)33-17-21-9-11-22(12-10-21)18-34-26-8-4-6-24(14-26)28-30-16-20(2)32-28;/h3-14,19-20H,15-18H2,1-2H3,(H,29,31)(H,30,32);1H. The van der Waals surface area contributed by atoms with Gasteiger partial charge in [0.05, 0.1) is 13.1 Å². The van der Waals surface area contributed by atoms with Crippen LogP contribution in [-0.4, -0.2) is 36.8 Å². The van der Waals surface area contributed by atoms with Gasteiger partial charge < -0.3 is 20.1 Å². The van der Waals surface area contributed by atoms with Gasteiger partial charge in [0, 0.05) is 23.2 Å². The van der Waals surface area contributed by atoms with Gasteiger partial charge in [0.2, 0.25) is 0 Å². The average Bonchev–Trinajstić information content (AvgIpc) is 3.51. The van der Waals surface area contributed by atoms with E-state index in [9.17, 15) is 0 Å². The quantitative estimate of drug-likeness (QED) is 0.478. The zero-order chi connectivity index (χ0) is 23.3. The van der Waals surface area contributed by atoms with E-state index in [0.29, 0.717) is 25.3 Å². The van der Waals surface area contributed by atoms with Gasteiger partial charge in [-0.25, -0.2) is 0 Å². The molecule has 2 heterocycles. The van der Waals surface area contributed by atoms with Gasteiger partial charge in [0.25, 0.3) is 0 Å². The monoisotopic (exact) mass is 490 g/mol. The molecular weight excluding hydrogens is 460 g/mol. The van der Waals surface area contributed by atoms with E-state index in [1.165, 1.54) is 0 Å². The molecule has 0 fully saturated rings. The molecule has 2 N–H and O–H groups in total. The number of nitrogens with zero attached hydrogens (tertiary/aromatic N) is 2. The van der Waals surface area contributed by atoms with E-state index in [1.54, 1.807) is 0 Å². The van der Waals surface area contributed by atoms with Crippen molar-refractivity contribution in [2.45, 2.75) is 39.1 Å². The Balaban J connectivity index is 0.00000289. The Kier molecular flexibility index (Phi) is 7.93. The molecule has 0 amide bonds. The summed E-state index contributed by atoms with van der Waals surface area (Å²) in [5, 5.41) is 6.79. The van der Waals surface area contributed by atoms with Crippen LogP contribution in [0.1, 0.15) is 36.1 Å². The highest BCUT2D eigenvalue weighted by atomic mass is 35.5. The normalized spacial score (nSPS) is 18.6. The van der Waals surface area contributed by atoms with Gasteiger partial charge in [-0.2, -0.15) is 0 Å². The molecule has 2 aliphatic heterocycles. The summed E-state index contributed by atoms with van der Waals surface area (Å²) in [6.45, 7) is 6.91. The largest absolute Gasteiger partial charge is 0.489 e. The molecular formula is C28H31ClN4O2. The maximum Gasteiger partial charge on any atom is 0.128 e. The van der Waals surface area contributed by atoms with E-state index in [-0.39, 0.29) is 12.4 Å². The predicted molar refractivity (Wildman–Crippen MR) is 143 cm³/mol. The number of ether oxygens (including phenoxy) is 2. The van der Waals surface area contributed by atoms with Crippen LogP contribution in [0, 0.1) is 0 Å². The summed E-state index contributed by atoms with van der Waals surface area (Å²) in [6, 6.07) is 25.2. The summed E-state index contributed by atoms with van der Waals surface area (Å²) >= 11 is 0. The third kappa shape index (κ3) is 6.34. The Hall–Kier alpha value is -3.51. The molecule has 0 saturated carbocycles. The maximum atomic E-state index is 6.03. The highest BCUT2D eigenvalue weighted by Gasteiger charge is 2.15. The zero-order valence-electron chi connectivity index (χ0n) is 20.0. The van der Waals surface area contributed by atoms with Crippen LogP contribution in [0.15, 0.2) is 82.8 Å². The van der Waals surface area contributed by atoms with Gasteiger partial charge in [0.15, 0.2) is 0 Å². The number of rotatable bonds is 8. The third-order valence-electron chi connectivity index (χ3n) is 5.86. The molecule has 2 unspecified atom stereocenters. The smallest absolute Gasteiger partial charge is 0.128 e. The van der Waals surface area contributed by atoms with E-state index >= 15 is 0 Å². The van der Waals surface area contributed by atoms with Gasteiger partial charge in [0.1, 0.15) is 36.4 Å². The second-order valence-corrected chi connectivity index (χ2v) is 8.92. The molecule has 182 valence electrons. The van der Waals surface area contributed by atoms with Crippen molar-refractivity contribution < 1.29 is 9.47 Å². The van der Waals surface area contributed by atoms with Crippen LogP contribution in [0.25, 0.3) is 0 Å². The molecule has 35 heavy (non-hydrogen) atoms. The van der Waals surface area contributed by atoms with Gasteiger partial charge >= 0.3 is 0 Å². The van der Waals surface area contributed by atoms with Crippen molar-refractivity contribution in [1.82, 2.24) is 10.6 Å². The minimum absolute atomic E-state index is 0. The first-order chi connectivity index (χ1) is 16.6. The average molecular weight is 491 g/mol. The molecule has 3 aromatic rings. The summed E-state index contributed by atoms with van der Waals surface area (Å²) in [5.41, 5.74) is 4.34. The van der Waals surface area contributed by atoms with Crippen LogP contribution in [0.3, 0.4) is 0 Å². The first-order valence-corrected chi connectivity index (χ1v) is 11.8. The molecule has 5 rings (SSSR count). The van der Waals surface area contributed by atoms with E-state index in [4.69, 9.17) is 9.47 Å². The molecule has 0 aliphatic carbocycles. The summed E-state index contributed by atoms with van der Waals surface area (Å²) in [5.74, 6) is 3.55. The van der Waals surface area contributed by atoms with Crippen LogP contribution in [0.5, 0.6) is 11.5 Å². The molecule has 7 heteroatoms. The topological polar surface area (TPSA) is 67.2 Å². The summed E-state index contributed by atoms with van der Waals surface area (Å²) in [4.78, 5) is 9.10. The van der Waals surface area contributed by atoms with Crippen molar-refractivity contribution in [1.29, 1.82) is 0 Å². The van der Waals surface area contributed by atoms with E-state index in [1.807, 2.05) is 36.4 Å². The van der Waals surface area contributed by atoms with E-state index in [2.05, 4.69) is 70.9 Å². The summed E-state index contributed by atoms with van der Waals surface area (Å²) < 4.78 is 12.1. The minimum atomic E-state index is 0. The molecule has 0 bridgehead atoms. The lowest BCUT2D eigenvalue weighted by Crippen LogP contribution is -2.27. The van der Waals surface area contributed by atoms with Crippen molar-refractivity contribution in [2.75, 3.05) is 13.1 Å². The maximum absolute atomic E-state index is 6.03. The third-order valence-corrected chi connectivity index (χ3v) is 5.86. The van der Waals surface area contributed by atoms with Crippen LogP contribution in [0.2, 0.25) is 0 Å². The van der Waals surface area contributed by atoms with Gasteiger partial charge in [-0.3, -0.25) is 9.98 Å². The highest BCUT2D eigenvalue weighted by molar-refractivity contribution is 6.00. The fourth-order valence-electron chi connectivity index (χ4n) is 3.99. The number of nitrogens with one attached hydrogen (secondary N) is 2. The van der Waals surface area contributed by atoms with Crippen LogP contribution < -0.4 is 20.1 Å².